The number of fused-ring (bicyclic) bond motifs is 1. The summed E-state index contributed by atoms with van der Waals surface area (Å²) in [7, 11) is 0. The van der Waals surface area contributed by atoms with Crippen molar-refractivity contribution in [2.75, 3.05) is 13.1 Å². The number of likely N-dealkylation sites (tertiary alicyclic amines) is 1. The summed E-state index contributed by atoms with van der Waals surface area (Å²) in [5.41, 5.74) is 7.34. The van der Waals surface area contributed by atoms with E-state index in [9.17, 15) is 4.79 Å². The topological polar surface area (TPSA) is 46.3 Å². The summed E-state index contributed by atoms with van der Waals surface area (Å²) in [4.78, 5) is 14.7. The molecule has 0 bridgehead atoms. The number of nitrogens with zero attached hydrogens (tertiary/aromatic N) is 1. The van der Waals surface area contributed by atoms with E-state index < -0.39 is 0 Å². The number of rotatable bonds is 2. The smallest absolute Gasteiger partial charge is 0.229 e. The molecular formula is C17H25ClN2O. The van der Waals surface area contributed by atoms with Crippen LogP contribution < -0.4 is 5.73 Å². The molecule has 2 aliphatic rings. The van der Waals surface area contributed by atoms with Gasteiger partial charge in [0, 0.05) is 19.1 Å². The van der Waals surface area contributed by atoms with Crippen LogP contribution in [0.15, 0.2) is 30.3 Å². The fourth-order valence-corrected chi connectivity index (χ4v) is 3.85. The van der Waals surface area contributed by atoms with Gasteiger partial charge in [-0.05, 0) is 37.2 Å². The highest BCUT2D eigenvalue weighted by Crippen LogP contribution is 2.36. The van der Waals surface area contributed by atoms with Gasteiger partial charge >= 0.3 is 0 Å². The van der Waals surface area contributed by atoms with Crippen molar-refractivity contribution < 1.29 is 4.79 Å². The molecule has 1 heterocycles. The zero-order chi connectivity index (χ0) is 14.1. The molecule has 0 radical (unpaired) electrons. The van der Waals surface area contributed by atoms with E-state index >= 15 is 0 Å². The van der Waals surface area contributed by atoms with Crippen molar-refractivity contribution in [1.82, 2.24) is 4.90 Å². The second-order valence-corrected chi connectivity index (χ2v) is 6.39. The summed E-state index contributed by atoms with van der Waals surface area (Å²) < 4.78 is 0. The van der Waals surface area contributed by atoms with Crippen LogP contribution in [0.4, 0.5) is 0 Å². The van der Waals surface area contributed by atoms with Crippen molar-refractivity contribution in [3.63, 3.8) is 0 Å². The zero-order valence-corrected chi connectivity index (χ0v) is 13.4. The van der Waals surface area contributed by atoms with E-state index in [1.807, 2.05) is 37.3 Å². The maximum Gasteiger partial charge on any atom is 0.229 e. The molecule has 2 fully saturated rings. The van der Waals surface area contributed by atoms with Gasteiger partial charge in [0.05, 0.1) is 5.92 Å². The number of hydrogen-bond donors (Lipinski definition) is 1. The third kappa shape index (κ3) is 3.24. The molecule has 1 amide bonds. The van der Waals surface area contributed by atoms with Crippen LogP contribution >= 0.6 is 12.4 Å². The predicted molar refractivity (Wildman–Crippen MR) is 87.5 cm³/mol. The van der Waals surface area contributed by atoms with Gasteiger partial charge in [-0.25, -0.2) is 0 Å². The lowest BCUT2D eigenvalue weighted by Gasteiger charge is -2.29. The normalized spacial score (nSPS) is 29.4. The number of benzene rings is 1. The number of nitrogens with two attached hydrogens (primary N) is 1. The summed E-state index contributed by atoms with van der Waals surface area (Å²) in [5, 5.41) is 0. The average molecular weight is 309 g/mol. The maximum atomic E-state index is 12.7. The highest BCUT2D eigenvalue weighted by atomic mass is 35.5. The SMILES string of the molecule is CC(C(=O)N1CC2CCCC(N)C2C1)c1ccccc1.Cl. The van der Waals surface area contributed by atoms with Gasteiger partial charge in [-0.1, -0.05) is 36.8 Å². The van der Waals surface area contributed by atoms with Gasteiger partial charge < -0.3 is 10.6 Å². The van der Waals surface area contributed by atoms with Crippen molar-refractivity contribution in [2.45, 2.75) is 38.1 Å². The first kappa shape index (κ1) is 16.3. The first-order valence-electron chi connectivity index (χ1n) is 7.76. The summed E-state index contributed by atoms with van der Waals surface area (Å²) in [6, 6.07) is 10.4. The molecule has 1 aromatic rings. The monoisotopic (exact) mass is 308 g/mol. The van der Waals surface area contributed by atoms with E-state index in [0.717, 1.165) is 25.1 Å². The molecular weight excluding hydrogens is 284 g/mol. The van der Waals surface area contributed by atoms with Crippen LogP contribution in [0.1, 0.15) is 37.7 Å². The van der Waals surface area contributed by atoms with E-state index in [1.54, 1.807) is 0 Å². The molecule has 3 rings (SSSR count). The van der Waals surface area contributed by atoms with Crippen molar-refractivity contribution >= 4 is 18.3 Å². The Bertz CT molecular complexity index is 479. The van der Waals surface area contributed by atoms with Crippen LogP contribution in [-0.2, 0) is 4.79 Å². The number of halogens is 1. The summed E-state index contributed by atoms with van der Waals surface area (Å²) in [6.07, 6.45) is 3.58. The van der Waals surface area contributed by atoms with Crippen LogP contribution in [0.5, 0.6) is 0 Å². The lowest BCUT2D eigenvalue weighted by atomic mass is 9.78. The number of carbonyl (C=O) groups is 1. The standard InChI is InChI=1S/C17H24N2O.ClH/c1-12(13-6-3-2-4-7-13)17(20)19-10-14-8-5-9-16(18)15(14)11-19;/h2-4,6-7,12,14-16H,5,8-11,18H2,1H3;1H. The second-order valence-electron chi connectivity index (χ2n) is 6.39. The molecule has 2 N–H and O–H groups in total. The van der Waals surface area contributed by atoms with Crippen molar-refractivity contribution in [3.8, 4) is 0 Å². The molecule has 4 unspecified atom stereocenters. The van der Waals surface area contributed by atoms with E-state index in [-0.39, 0.29) is 24.2 Å². The minimum absolute atomic E-state index is 0. The lowest BCUT2D eigenvalue weighted by Crippen LogP contribution is -2.38. The van der Waals surface area contributed by atoms with E-state index in [1.165, 1.54) is 12.8 Å². The highest BCUT2D eigenvalue weighted by molar-refractivity contribution is 5.85. The molecule has 1 aliphatic carbocycles. The Morgan fingerprint density at radius 1 is 1.24 bits per heavy atom. The molecule has 1 aromatic carbocycles. The molecule has 1 saturated heterocycles. The first-order valence-corrected chi connectivity index (χ1v) is 7.76. The number of amides is 1. The average Bonchev–Trinajstić information content (AvgIpc) is 2.92. The van der Waals surface area contributed by atoms with Crippen molar-refractivity contribution in [2.24, 2.45) is 17.6 Å². The van der Waals surface area contributed by atoms with E-state index in [2.05, 4.69) is 4.90 Å². The van der Waals surface area contributed by atoms with Crippen molar-refractivity contribution in [3.05, 3.63) is 35.9 Å². The molecule has 3 nitrogen and oxygen atoms in total. The van der Waals surface area contributed by atoms with Crippen LogP contribution in [0.3, 0.4) is 0 Å². The van der Waals surface area contributed by atoms with Crippen molar-refractivity contribution in [1.29, 1.82) is 0 Å². The Morgan fingerprint density at radius 3 is 2.62 bits per heavy atom. The molecule has 1 aliphatic heterocycles. The van der Waals surface area contributed by atoms with Crippen LogP contribution in [-0.4, -0.2) is 29.9 Å². The van der Waals surface area contributed by atoms with E-state index in [4.69, 9.17) is 5.73 Å². The second kappa shape index (κ2) is 6.80. The van der Waals surface area contributed by atoms with Gasteiger partial charge in [0.15, 0.2) is 0 Å². The molecule has 116 valence electrons. The zero-order valence-electron chi connectivity index (χ0n) is 12.6. The highest BCUT2D eigenvalue weighted by Gasteiger charge is 2.41. The third-order valence-corrected chi connectivity index (χ3v) is 5.14. The molecule has 21 heavy (non-hydrogen) atoms. The molecule has 4 heteroatoms. The molecule has 4 atom stereocenters. The van der Waals surface area contributed by atoms with Gasteiger partial charge in [-0.2, -0.15) is 0 Å². The minimum atomic E-state index is -0.0485. The Morgan fingerprint density at radius 2 is 1.95 bits per heavy atom. The van der Waals surface area contributed by atoms with Gasteiger partial charge in [-0.3, -0.25) is 4.79 Å². The fourth-order valence-electron chi connectivity index (χ4n) is 3.85. The predicted octanol–water partition coefficient (Wildman–Crippen LogP) is 2.80. The third-order valence-electron chi connectivity index (χ3n) is 5.14. The van der Waals surface area contributed by atoms with Gasteiger partial charge in [-0.15, -0.1) is 12.4 Å². The van der Waals surface area contributed by atoms with Crippen LogP contribution in [0.25, 0.3) is 0 Å². The largest absolute Gasteiger partial charge is 0.342 e. The summed E-state index contributed by atoms with van der Waals surface area (Å²) in [5.74, 6) is 1.37. The Balaban J connectivity index is 0.00000161. The van der Waals surface area contributed by atoms with Crippen LogP contribution in [0.2, 0.25) is 0 Å². The summed E-state index contributed by atoms with van der Waals surface area (Å²) >= 11 is 0. The van der Waals surface area contributed by atoms with Gasteiger partial charge in [0.25, 0.3) is 0 Å². The summed E-state index contributed by atoms with van der Waals surface area (Å²) in [6.45, 7) is 3.79. The lowest BCUT2D eigenvalue weighted by molar-refractivity contribution is -0.131. The Kier molecular flexibility index (Phi) is 5.28. The fraction of sp³-hybridized carbons (Fsp3) is 0.588. The molecule has 1 saturated carbocycles. The molecule has 0 spiro atoms. The van der Waals surface area contributed by atoms with Gasteiger partial charge in [0.2, 0.25) is 5.91 Å². The minimum Gasteiger partial charge on any atom is -0.342 e. The van der Waals surface area contributed by atoms with Crippen LogP contribution in [0, 0.1) is 11.8 Å². The quantitative estimate of drug-likeness (QED) is 0.913. The Hall–Kier alpha value is -1.06. The number of hydrogen-bond acceptors (Lipinski definition) is 2. The van der Waals surface area contributed by atoms with E-state index in [0.29, 0.717) is 17.9 Å². The first-order chi connectivity index (χ1) is 9.66. The number of carbonyl (C=O) groups excluding carboxylic acids is 1. The molecule has 0 aromatic heterocycles. The maximum absolute atomic E-state index is 12.7. The Labute approximate surface area is 133 Å². The van der Waals surface area contributed by atoms with Gasteiger partial charge in [0.1, 0.15) is 0 Å².